The lowest BCUT2D eigenvalue weighted by atomic mass is 9.90. The normalized spacial score (nSPS) is 22.6. The Labute approximate surface area is 194 Å². The van der Waals surface area contributed by atoms with Crippen molar-refractivity contribution in [3.05, 3.63) is 59.8 Å². The fourth-order valence-corrected chi connectivity index (χ4v) is 6.03. The highest BCUT2D eigenvalue weighted by molar-refractivity contribution is 7.80. The lowest BCUT2D eigenvalue weighted by molar-refractivity contribution is 0.350. The molecule has 0 aliphatic heterocycles. The predicted octanol–water partition coefficient (Wildman–Crippen LogP) is 4.97. The molecule has 2 aromatic carbocycles. The van der Waals surface area contributed by atoms with E-state index in [1.54, 1.807) is 14.2 Å². The van der Waals surface area contributed by atoms with Gasteiger partial charge in [0.15, 0.2) is 16.6 Å². The molecule has 1 aromatic heterocycles. The van der Waals surface area contributed by atoms with E-state index in [1.165, 1.54) is 36.6 Å². The van der Waals surface area contributed by atoms with Gasteiger partial charge in [0.1, 0.15) is 0 Å². The van der Waals surface area contributed by atoms with Gasteiger partial charge in [-0.15, -0.1) is 0 Å². The van der Waals surface area contributed by atoms with E-state index in [1.807, 2.05) is 12.1 Å². The average Bonchev–Trinajstić information content (AvgIpc) is 3.55. The Balaban J connectivity index is 1.42. The summed E-state index contributed by atoms with van der Waals surface area (Å²) in [7, 11) is 3.37. The van der Waals surface area contributed by atoms with Crippen LogP contribution in [0.4, 0.5) is 0 Å². The minimum absolute atomic E-state index is 0.0379. The first-order valence-electron chi connectivity index (χ1n) is 11.5. The third kappa shape index (κ3) is 3.92. The van der Waals surface area contributed by atoms with Gasteiger partial charge in [0, 0.05) is 41.2 Å². The smallest absolute Gasteiger partial charge is 0.166 e. The molecular weight excluding hydrogens is 418 g/mol. The van der Waals surface area contributed by atoms with Crippen molar-refractivity contribution in [3.8, 4) is 11.5 Å². The predicted molar refractivity (Wildman–Crippen MR) is 133 cm³/mol. The molecule has 5 rings (SSSR count). The van der Waals surface area contributed by atoms with Crippen LogP contribution in [-0.2, 0) is 0 Å². The van der Waals surface area contributed by atoms with Gasteiger partial charge in [-0.3, -0.25) is 0 Å². The topological polar surface area (TPSA) is 58.3 Å². The van der Waals surface area contributed by atoms with E-state index in [0.717, 1.165) is 39.5 Å². The average molecular weight is 450 g/mol. The van der Waals surface area contributed by atoms with Crippen molar-refractivity contribution in [2.24, 2.45) is 11.8 Å². The molecule has 2 bridgehead atoms. The molecule has 168 valence electrons. The molecule has 3 aromatic rings. The number of fused-ring (bicyclic) bond motifs is 3. The zero-order valence-electron chi connectivity index (χ0n) is 18.7. The van der Waals surface area contributed by atoms with Gasteiger partial charge in [0.25, 0.3) is 0 Å². The highest BCUT2D eigenvalue weighted by Gasteiger charge is 2.39. The van der Waals surface area contributed by atoms with Crippen molar-refractivity contribution in [2.45, 2.75) is 37.6 Å². The Morgan fingerprint density at radius 2 is 1.94 bits per heavy atom. The number of methoxy groups -OCH3 is 2. The van der Waals surface area contributed by atoms with Gasteiger partial charge in [0.05, 0.1) is 14.2 Å². The Hall–Kier alpha value is -2.73. The summed E-state index contributed by atoms with van der Waals surface area (Å²) >= 11 is 5.72. The van der Waals surface area contributed by atoms with Gasteiger partial charge < -0.3 is 25.1 Å². The monoisotopic (exact) mass is 449 g/mol. The second-order valence-electron chi connectivity index (χ2n) is 9.06. The first-order valence-corrected chi connectivity index (χ1v) is 11.9. The van der Waals surface area contributed by atoms with E-state index in [9.17, 15) is 0 Å². The van der Waals surface area contributed by atoms with Crippen LogP contribution in [0.5, 0.6) is 11.5 Å². The molecule has 4 atom stereocenters. The number of benzene rings is 2. The van der Waals surface area contributed by atoms with Crippen molar-refractivity contribution in [1.29, 1.82) is 0 Å². The second kappa shape index (κ2) is 9.02. The minimum atomic E-state index is 0.0379. The molecule has 0 spiro atoms. The maximum absolute atomic E-state index is 5.79. The van der Waals surface area contributed by atoms with Crippen molar-refractivity contribution in [2.75, 3.05) is 20.8 Å². The van der Waals surface area contributed by atoms with E-state index in [0.29, 0.717) is 12.6 Å². The van der Waals surface area contributed by atoms with Crippen LogP contribution in [0.1, 0.15) is 42.7 Å². The maximum atomic E-state index is 5.79. The molecule has 2 fully saturated rings. The Kier molecular flexibility index (Phi) is 5.96. The zero-order valence-corrected chi connectivity index (χ0v) is 19.5. The Morgan fingerprint density at radius 1 is 1.06 bits per heavy atom. The van der Waals surface area contributed by atoms with Crippen molar-refractivity contribution in [3.63, 3.8) is 0 Å². The molecule has 0 saturated heterocycles. The fraction of sp³-hybridized carbons (Fsp3) is 0.423. The molecule has 6 heteroatoms. The minimum Gasteiger partial charge on any atom is -0.493 e. The highest BCUT2D eigenvalue weighted by atomic mass is 32.1. The number of hydrogen-bond acceptors (Lipinski definition) is 3. The molecular formula is C26H31N3O2S. The van der Waals surface area contributed by atoms with E-state index in [4.69, 9.17) is 21.7 Å². The van der Waals surface area contributed by atoms with Gasteiger partial charge >= 0.3 is 0 Å². The van der Waals surface area contributed by atoms with Gasteiger partial charge in [-0.05, 0) is 61.0 Å². The van der Waals surface area contributed by atoms with Crippen molar-refractivity contribution in [1.82, 2.24) is 15.6 Å². The van der Waals surface area contributed by atoms with Crippen molar-refractivity contribution >= 4 is 28.2 Å². The number of rotatable bonds is 7. The van der Waals surface area contributed by atoms with Gasteiger partial charge in [-0.2, -0.15) is 0 Å². The summed E-state index contributed by atoms with van der Waals surface area (Å²) in [4.78, 5) is 3.42. The summed E-state index contributed by atoms with van der Waals surface area (Å²) in [5.74, 6) is 3.20. The van der Waals surface area contributed by atoms with Crippen LogP contribution in [0, 0.1) is 11.8 Å². The fourth-order valence-electron chi connectivity index (χ4n) is 5.79. The van der Waals surface area contributed by atoms with Gasteiger partial charge in [-0.25, -0.2) is 0 Å². The number of aromatic nitrogens is 1. The van der Waals surface area contributed by atoms with Crippen LogP contribution in [0.3, 0.4) is 0 Å². The number of nitrogens with one attached hydrogen (secondary N) is 3. The zero-order chi connectivity index (χ0) is 22.1. The lowest BCUT2D eigenvalue weighted by Crippen LogP contribution is -2.45. The van der Waals surface area contributed by atoms with E-state index >= 15 is 0 Å². The molecule has 5 nitrogen and oxygen atoms in total. The molecule has 2 aliphatic rings. The molecule has 32 heavy (non-hydrogen) atoms. The van der Waals surface area contributed by atoms with Crippen LogP contribution in [-0.4, -0.2) is 36.9 Å². The molecule has 4 unspecified atom stereocenters. The number of ether oxygens (including phenoxy) is 2. The molecule has 0 radical (unpaired) electrons. The molecule has 1 heterocycles. The summed E-state index contributed by atoms with van der Waals surface area (Å²) in [6.45, 7) is 0.665. The third-order valence-corrected chi connectivity index (χ3v) is 7.59. The van der Waals surface area contributed by atoms with Gasteiger partial charge in [0.2, 0.25) is 0 Å². The van der Waals surface area contributed by atoms with Crippen LogP contribution in [0.2, 0.25) is 0 Å². The van der Waals surface area contributed by atoms with E-state index < -0.39 is 0 Å². The second-order valence-corrected chi connectivity index (χ2v) is 9.47. The summed E-state index contributed by atoms with van der Waals surface area (Å²) in [5, 5.41) is 9.08. The van der Waals surface area contributed by atoms with Crippen LogP contribution in [0.15, 0.2) is 48.7 Å². The van der Waals surface area contributed by atoms with E-state index in [2.05, 4.69) is 52.1 Å². The van der Waals surface area contributed by atoms with Crippen LogP contribution in [0.25, 0.3) is 10.9 Å². The van der Waals surface area contributed by atoms with Crippen molar-refractivity contribution < 1.29 is 9.47 Å². The van der Waals surface area contributed by atoms with Gasteiger partial charge in [-0.1, -0.05) is 36.8 Å². The summed E-state index contributed by atoms with van der Waals surface area (Å²) in [6, 6.07) is 15.0. The standard InChI is InChI=1S/C26H31N3O2S/c1-30-24-9-5-7-19(25(24)31-2)21(20-14-27-22-8-4-3-6-18(20)22)15-28-26(32)29-23-13-16-10-11-17(23)12-16/h3-9,14,16-17,21,23,27H,10-13,15H2,1-2H3,(H2,28,29,32). The molecule has 0 amide bonds. The molecule has 2 saturated carbocycles. The number of hydrogen-bond donors (Lipinski definition) is 3. The Bertz CT molecular complexity index is 1110. The lowest BCUT2D eigenvalue weighted by Gasteiger charge is -2.26. The highest BCUT2D eigenvalue weighted by Crippen LogP contribution is 2.44. The maximum Gasteiger partial charge on any atom is 0.166 e. The summed E-state index contributed by atoms with van der Waals surface area (Å²) < 4.78 is 11.4. The third-order valence-electron chi connectivity index (χ3n) is 7.33. The largest absolute Gasteiger partial charge is 0.493 e. The molecule has 3 N–H and O–H groups in total. The quantitative estimate of drug-likeness (QED) is 0.445. The summed E-state index contributed by atoms with van der Waals surface area (Å²) in [6.07, 6.45) is 7.44. The number of aromatic amines is 1. The number of thiocarbonyl (C=S) groups is 1. The SMILES string of the molecule is COc1cccc(C(CNC(=S)NC2CC3CCC2C3)c2c[nH]c3ccccc23)c1OC. The first-order chi connectivity index (χ1) is 15.7. The Morgan fingerprint density at radius 3 is 2.69 bits per heavy atom. The van der Waals surface area contributed by atoms with Crippen LogP contribution >= 0.6 is 12.2 Å². The van der Waals surface area contributed by atoms with E-state index in [-0.39, 0.29) is 5.92 Å². The van der Waals surface area contributed by atoms with Crippen LogP contribution < -0.4 is 20.1 Å². The first kappa shape index (κ1) is 21.1. The number of para-hydroxylation sites is 2. The molecule has 2 aliphatic carbocycles. The summed E-state index contributed by atoms with van der Waals surface area (Å²) in [5.41, 5.74) is 3.41. The number of H-pyrrole nitrogens is 1.